The Morgan fingerprint density at radius 3 is 2.93 bits per heavy atom. The summed E-state index contributed by atoms with van der Waals surface area (Å²) < 4.78 is 1.21. The van der Waals surface area contributed by atoms with Gasteiger partial charge in [-0.05, 0) is 48.9 Å². The minimum Gasteiger partial charge on any atom is -0.384 e. The van der Waals surface area contributed by atoms with Gasteiger partial charge in [0.15, 0.2) is 0 Å². The van der Waals surface area contributed by atoms with Crippen molar-refractivity contribution in [1.29, 1.82) is 0 Å². The van der Waals surface area contributed by atoms with E-state index in [0.717, 1.165) is 12.5 Å². The van der Waals surface area contributed by atoms with Crippen molar-refractivity contribution < 1.29 is 0 Å². The highest BCUT2D eigenvalue weighted by atomic mass is 79.9. The molecule has 0 amide bonds. The third-order valence-electron chi connectivity index (χ3n) is 4.10. The molecule has 1 aromatic carbocycles. The van der Waals surface area contributed by atoms with Gasteiger partial charge in [0.1, 0.15) is 0 Å². The van der Waals surface area contributed by atoms with Crippen molar-refractivity contribution in [3.8, 4) is 0 Å². The standard InChI is InChI=1S/C13H16BrN/c1-2-13(9-3-4-9)8-15-12-6-5-10(14)7-11(12)13/h5-7,9,15H,2-4,8H2,1H3. The fourth-order valence-electron chi connectivity index (χ4n) is 3.04. The summed E-state index contributed by atoms with van der Waals surface area (Å²) in [4.78, 5) is 0. The molecule has 1 nitrogen and oxygen atoms in total. The van der Waals surface area contributed by atoms with E-state index in [0.29, 0.717) is 5.41 Å². The van der Waals surface area contributed by atoms with E-state index < -0.39 is 0 Å². The zero-order chi connectivity index (χ0) is 10.5. The molecule has 3 rings (SSSR count). The van der Waals surface area contributed by atoms with E-state index in [1.54, 1.807) is 5.56 Å². The first kappa shape index (κ1) is 9.71. The van der Waals surface area contributed by atoms with Crippen LogP contribution in [0.25, 0.3) is 0 Å². The molecule has 1 fully saturated rings. The Balaban J connectivity index is 2.11. The normalized spacial score (nSPS) is 28.7. The Kier molecular flexibility index (Phi) is 2.10. The molecule has 1 atom stereocenters. The molecule has 2 heteroatoms. The molecule has 0 radical (unpaired) electrons. The van der Waals surface area contributed by atoms with Gasteiger partial charge in [0.2, 0.25) is 0 Å². The number of fused-ring (bicyclic) bond motifs is 1. The number of hydrogen-bond acceptors (Lipinski definition) is 1. The van der Waals surface area contributed by atoms with Gasteiger partial charge in [-0.1, -0.05) is 22.9 Å². The minimum absolute atomic E-state index is 0.430. The van der Waals surface area contributed by atoms with E-state index in [9.17, 15) is 0 Å². The second-order valence-corrected chi connectivity index (χ2v) is 5.74. The summed E-state index contributed by atoms with van der Waals surface area (Å²) in [5.41, 5.74) is 3.33. The van der Waals surface area contributed by atoms with Gasteiger partial charge in [-0.25, -0.2) is 0 Å². The van der Waals surface area contributed by atoms with E-state index in [1.807, 2.05) is 0 Å². The molecule has 15 heavy (non-hydrogen) atoms. The monoisotopic (exact) mass is 265 g/mol. The van der Waals surface area contributed by atoms with Gasteiger partial charge in [-0.15, -0.1) is 0 Å². The Bertz CT molecular complexity index is 398. The van der Waals surface area contributed by atoms with E-state index in [4.69, 9.17) is 0 Å². The van der Waals surface area contributed by atoms with Crippen LogP contribution in [-0.2, 0) is 5.41 Å². The summed E-state index contributed by atoms with van der Waals surface area (Å²) in [7, 11) is 0. The molecule has 2 aliphatic rings. The van der Waals surface area contributed by atoms with Gasteiger partial charge in [0.25, 0.3) is 0 Å². The molecule has 1 aliphatic heterocycles. The highest BCUT2D eigenvalue weighted by Gasteiger charge is 2.48. The summed E-state index contributed by atoms with van der Waals surface area (Å²) in [6, 6.07) is 6.65. The van der Waals surface area contributed by atoms with Gasteiger partial charge in [0, 0.05) is 22.1 Å². The Hall–Kier alpha value is -0.500. The number of halogens is 1. The first-order chi connectivity index (χ1) is 7.26. The predicted molar refractivity (Wildman–Crippen MR) is 67.3 cm³/mol. The Labute approximate surface area is 99.4 Å². The molecule has 1 unspecified atom stereocenters. The lowest BCUT2D eigenvalue weighted by atomic mass is 9.75. The van der Waals surface area contributed by atoms with Gasteiger partial charge in [-0.2, -0.15) is 0 Å². The fourth-order valence-corrected chi connectivity index (χ4v) is 3.40. The average molecular weight is 266 g/mol. The molecule has 0 spiro atoms. The number of nitrogens with one attached hydrogen (secondary N) is 1. The molecule has 1 saturated carbocycles. The summed E-state index contributed by atoms with van der Waals surface area (Å²) >= 11 is 3.59. The van der Waals surface area contributed by atoms with Gasteiger partial charge in [0.05, 0.1) is 0 Å². The van der Waals surface area contributed by atoms with Crippen molar-refractivity contribution in [2.75, 3.05) is 11.9 Å². The SMILES string of the molecule is CCC1(C2CC2)CNc2ccc(Br)cc21. The lowest BCUT2D eigenvalue weighted by molar-refractivity contribution is 0.393. The van der Waals surface area contributed by atoms with Crippen LogP contribution in [-0.4, -0.2) is 6.54 Å². The van der Waals surface area contributed by atoms with E-state index in [2.05, 4.69) is 46.4 Å². The van der Waals surface area contributed by atoms with Gasteiger partial charge in [-0.3, -0.25) is 0 Å². The number of hydrogen-bond donors (Lipinski definition) is 1. The van der Waals surface area contributed by atoms with Crippen LogP contribution >= 0.6 is 15.9 Å². The summed E-state index contributed by atoms with van der Waals surface area (Å²) in [5, 5.41) is 3.57. The van der Waals surface area contributed by atoms with Crippen LogP contribution in [0.2, 0.25) is 0 Å². The smallest absolute Gasteiger partial charge is 0.0380 e. The van der Waals surface area contributed by atoms with Crippen molar-refractivity contribution in [3.05, 3.63) is 28.2 Å². The molecule has 0 bridgehead atoms. The fraction of sp³-hybridized carbons (Fsp3) is 0.538. The minimum atomic E-state index is 0.430. The largest absolute Gasteiger partial charge is 0.384 e. The average Bonchev–Trinajstić information content (AvgIpc) is 3.02. The molecular formula is C13H16BrN. The van der Waals surface area contributed by atoms with E-state index in [-0.39, 0.29) is 0 Å². The topological polar surface area (TPSA) is 12.0 Å². The molecular weight excluding hydrogens is 250 g/mol. The maximum Gasteiger partial charge on any atom is 0.0380 e. The molecule has 1 aliphatic carbocycles. The molecule has 1 aromatic rings. The predicted octanol–water partition coefficient (Wildman–Crippen LogP) is 3.93. The number of benzene rings is 1. The zero-order valence-electron chi connectivity index (χ0n) is 9.02. The molecule has 0 aromatic heterocycles. The van der Waals surface area contributed by atoms with Crippen molar-refractivity contribution in [1.82, 2.24) is 0 Å². The molecule has 80 valence electrons. The maximum atomic E-state index is 3.59. The van der Waals surface area contributed by atoms with Crippen molar-refractivity contribution in [2.24, 2.45) is 5.92 Å². The molecule has 1 N–H and O–H groups in total. The van der Waals surface area contributed by atoms with Gasteiger partial charge < -0.3 is 5.32 Å². The highest BCUT2D eigenvalue weighted by Crippen LogP contribution is 2.54. The van der Waals surface area contributed by atoms with Crippen molar-refractivity contribution >= 4 is 21.6 Å². The van der Waals surface area contributed by atoms with Crippen LogP contribution in [0, 0.1) is 5.92 Å². The summed E-state index contributed by atoms with van der Waals surface area (Å²) in [6.07, 6.45) is 4.09. The lowest BCUT2D eigenvalue weighted by Gasteiger charge is -2.28. The van der Waals surface area contributed by atoms with Crippen LogP contribution in [0.15, 0.2) is 22.7 Å². The van der Waals surface area contributed by atoms with E-state index >= 15 is 0 Å². The summed E-state index contributed by atoms with van der Waals surface area (Å²) in [6.45, 7) is 3.47. The number of anilines is 1. The lowest BCUT2D eigenvalue weighted by Crippen LogP contribution is -2.30. The quantitative estimate of drug-likeness (QED) is 0.855. The van der Waals surface area contributed by atoms with Crippen LogP contribution in [0.5, 0.6) is 0 Å². The van der Waals surface area contributed by atoms with Crippen LogP contribution in [0.3, 0.4) is 0 Å². The van der Waals surface area contributed by atoms with Crippen LogP contribution in [0.1, 0.15) is 31.7 Å². The van der Waals surface area contributed by atoms with Crippen molar-refractivity contribution in [2.45, 2.75) is 31.6 Å². The maximum absolute atomic E-state index is 3.59. The first-order valence-electron chi connectivity index (χ1n) is 5.80. The van der Waals surface area contributed by atoms with Crippen molar-refractivity contribution in [3.63, 3.8) is 0 Å². The second-order valence-electron chi connectivity index (χ2n) is 4.83. The summed E-state index contributed by atoms with van der Waals surface area (Å²) in [5.74, 6) is 0.922. The van der Waals surface area contributed by atoms with Gasteiger partial charge >= 0.3 is 0 Å². The zero-order valence-corrected chi connectivity index (χ0v) is 10.6. The van der Waals surface area contributed by atoms with Crippen LogP contribution < -0.4 is 5.32 Å². The van der Waals surface area contributed by atoms with E-state index in [1.165, 1.54) is 29.4 Å². The third kappa shape index (κ3) is 1.34. The molecule has 1 heterocycles. The Morgan fingerprint density at radius 1 is 1.47 bits per heavy atom. The molecule has 0 saturated heterocycles. The third-order valence-corrected chi connectivity index (χ3v) is 4.60. The van der Waals surface area contributed by atoms with Crippen LogP contribution in [0.4, 0.5) is 5.69 Å². The number of rotatable bonds is 2. The Morgan fingerprint density at radius 2 is 2.27 bits per heavy atom. The highest BCUT2D eigenvalue weighted by molar-refractivity contribution is 9.10. The first-order valence-corrected chi connectivity index (χ1v) is 6.59. The second kappa shape index (κ2) is 3.24.